The molecule has 0 radical (unpaired) electrons. The van der Waals surface area contributed by atoms with Crippen LogP contribution in [0.2, 0.25) is 0 Å². The van der Waals surface area contributed by atoms with Gasteiger partial charge in [0.05, 0.1) is 0 Å². The molecule has 4 nitrogen and oxygen atoms in total. The summed E-state index contributed by atoms with van der Waals surface area (Å²) < 4.78 is 12.8. The highest BCUT2D eigenvalue weighted by molar-refractivity contribution is 9.10. The lowest BCUT2D eigenvalue weighted by molar-refractivity contribution is 0.0482. The molecule has 0 saturated carbocycles. The first-order chi connectivity index (χ1) is 9.74. The van der Waals surface area contributed by atoms with Gasteiger partial charge >= 0.3 is 0 Å². The monoisotopic (exact) mass is 340 g/mol. The number of benzene rings is 1. The maximum absolute atomic E-state index is 6.05. The van der Waals surface area contributed by atoms with Crippen LogP contribution in [-0.4, -0.2) is 43.8 Å². The molecule has 1 saturated heterocycles. The van der Waals surface area contributed by atoms with Crippen molar-refractivity contribution in [2.45, 2.75) is 18.9 Å². The molecule has 20 heavy (non-hydrogen) atoms. The van der Waals surface area contributed by atoms with Crippen LogP contribution in [-0.2, 0) is 0 Å². The van der Waals surface area contributed by atoms with Crippen LogP contribution in [0.1, 0.15) is 12.8 Å². The third kappa shape index (κ3) is 3.27. The second-order valence-electron chi connectivity index (χ2n) is 5.62. The molecule has 0 aliphatic carbocycles. The summed E-state index contributed by atoms with van der Waals surface area (Å²) in [5.74, 6) is 2.38. The van der Waals surface area contributed by atoms with Crippen LogP contribution in [0.15, 0.2) is 22.7 Å². The van der Waals surface area contributed by atoms with Crippen molar-refractivity contribution in [3.05, 3.63) is 22.7 Å². The number of hydrogen-bond acceptors (Lipinski definition) is 4. The van der Waals surface area contributed by atoms with Crippen molar-refractivity contribution in [2.75, 3.05) is 32.8 Å². The zero-order valence-corrected chi connectivity index (χ0v) is 13.1. The van der Waals surface area contributed by atoms with Crippen molar-refractivity contribution in [3.63, 3.8) is 0 Å². The quantitative estimate of drug-likeness (QED) is 0.916. The van der Waals surface area contributed by atoms with E-state index in [2.05, 4.69) is 20.8 Å². The highest BCUT2D eigenvalue weighted by atomic mass is 79.9. The Morgan fingerprint density at radius 3 is 2.80 bits per heavy atom. The third-order valence-corrected chi connectivity index (χ3v) is 4.62. The first-order valence-electron chi connectivity index (χ1n) is 7.26. The summed E-state index contributed by atoms with van der Waals surface area (Å²) >= 11 is 3.47. The molecule has 5 heteroatoms. The Hall–Kier alpha value is -0.780. The summed E-state index contributed by atoms with van der Waals surface area (Å²) in [6.07, 6.45) is 2.52. The van der Waals surface area contributed by atoms with Crippen LogP contribution < -0.4 is 15.2 Å². The number of ether oxygens (including phenoxy) is 2. The molecular weight excluding hydrogens is 320 g/mol. The van der Waals surface area contributed by atoms with E-state index in [4.69, 9.17) is 15.2 Å². The van der Waals surface area contributed by atoms with E-state index in [0.717, 1.165) is 42.2 Å². The van der Waals surface area contributed by atoms with Gasteiger partial charge in [0.25, 0.3) is 0 Å². The van der Waals surface area contributed by atoms with Gasteiger partial charge in [0, 0.05) is 11.0 Å². The van der Waals surface area contributed by atoms with Gasteiger partial charge in [0.1, 0.15) is 12.7 Å². The van der Waals surface area contributed by atoms with Gasteiger partial charge in [-0.15, -0.1) is 0 Å². The molecule has 1 atom stereocenters. The van der Waals surface area contributed by atoms with Crippen molar-refractivity contribution in [1.29, 1.82) is 0 Å². The summed E-state index contributed by atoms with van der Waals surface area (Å²) in [5.41, 5.74) is 5.73. The van der Waals surface area contributed by atoms with E-state index in [9.17, 15) is 0 Å². The first-order valence-corrected chi connectivity index (χ1v) is 8.05. The van der Waals surface area contributed by atoms with E-state index >= 15 is 0 Å². The van der Waals surface area contributed by atoms with Gasteiger partial charge in [0.15, 0.2) is 11.5 Å². The van der Waals surface area contributed by atoms with Crippen LogP contribution in [0, 0.1) is 5.92 Å². The number of nitrogens with zero attached hydrogens (tertiary/aromatic N) is 1. The van der Waals surface area contributed by atoms with Crippen molar-refractivity contribution >= 4 is 15.9 Å². The molecule has 0 aromatic heterocycles. The van der Waals surface area contributed by atoms with E-state index in [0.29, 0.717) is 12.5 Å². The van der Waals surface area contributed by atoms with E-state index in [1.54, 1.807) is 0 Å². The largest absolute Gasteiger partial charge is 0.486 e. The lowest BCUT2D eigenvalue weighted by Gasteiger charge is -2.35. The zero-order chi connectivity index (χ0) is 13.9. The Morgan fingerprint density at radius 2 is 2.05 bits per heavy atom. The second kappa shape index (κ2) is 6.33. The van der Waals surface area contributed by atoms with Gasteiger partial charge in [-0.3, -0.25) is 4.90 Å². The molecule has 110 valence electrons. The summed E-state index contributed by atoms with van der Waals surface area (Å²) in [7, 11) is 0. The maximum Gasteiger partial charge on any atom is 0.162 e. The van der Waals surface area contributed by atoms with E-state index in [1.807, 2.05) is 18.2 Å². The smallest absolute Gasteiger partial charge is 0.162 e. The highest BCUT2D eigenvalue weighted by Gasteiger charge is 2.25. The third-order valence-electron chi connectivity index (χ3n) is 4.13. The van der Waals surface area contributed by atoms with Crippen LogP contribution in [0.3, 0.4) is 0 Å². The Balaban J connectivity index is 1.55. The molecule has 0 bridgehead atoms. The number of nitrogens with two attached hydrogens (primary N) is 1. The van der Waals surface area contributed by atoms with Gasteiger partial charge < -0.3 is 15.2 Å². The molecule has 2 N–H and O–H groups in total. The highest BCUT2D eigenvalue weighted by Crippen LogP contribution is 2.34. The van der Waals surface area contributed by atoms with Crippen LogP contribution in [0.5, 0.6) is 11.5 Å². The molecule has 0 spiro atoms. The summed E-state index contributed by atoms with van der Waals surface area (Å²) in [6, 6.07) is 5.89. The number of piperidine rings is 1. The maximum atomic E-state index is 6.05. The average Bonchev–Trinajstić information content (AvgIpc) is 2.47. The molecule has 2 aliphatic heterocycles. The minimum absolute atomic E-state index is 0.117. The van der Waals surface area contributed by atoms with Crippen molar-refractivity contribution in [1.82, 2.24) is 4.90 Å². The fourth-order valence-corrected chi connectivity index (χ4v) is 3.21. The molecular formula is C15H21BrN2O2. The molecule has 1 aromatic carbocycles. The Labute approximate surface area is 128 Å². The van der Waals surface area contributed by atoms with Crippen LogP contribution >= 0.6 is 15.9 Å². The molecule has 0 amide bonds. The number of likely N-dealkylation sites (tertiary alicyclic amines) is 1. The minimum atomic E-state index is 0.117. The standard InChI is InChI=1S/C15H21BrN2O2/c16-12-1-2-14-15(7-12)20-13(10-19-14)9-18-5-3-11(8-17)4-6-18/h1-2,7,11,13H,3-6,8-10,17H2. The molecule has 1 unspecified atom stereocenters. The number of rotatable bonds is 3. The van der Waals surface area contributed by atoms with Crippen LogP contribution in [0.25, 0.3) is 0 Å². The predicted octanol–water partition coefficient (Wildman–Crippen LogP) is 2.26. The lowest BCUT2D eigenvalue weighted by atomic mass is 9.97. The van der Waals surface area contributed by atoms with Crippen molar-refractivity contribution in [3.8, 4) is 11.5 Å². The zero-order valence-electron chi connectivity index (χ0n) is 11.6. The Bertz CT molecular complexity index is 461. The van der Waals surface area contributed by atoms with Gasteiger partial charge in [0.2, 0.25) is 0 Å². The van der Waals surface area contributed by atoms with Gasteiger partial charge in [-0.25, -0.2) is 0 Å². The minimum Gasteiger partial charge on any atom is -0.486 e. The molecule has 1 aromatic rings. The second-order valence-corrected chi connectivity index (χ2v) is 6.54. The summed E-state index contributed by atoms with van der Waals surface area (Å²) in [5, 5.41) is 0. The lowest BCUT2D eigenvalue weighted by Crippen LogP contribution is -2.44. The fourth-order valence-electron chi connectivity index (χ4n) is 2.87. The molecule has 2 heterocycles. The molecule has 2 aliphatic rings. The fraction of sp³-hybridized carbons (Fsp3) is 0.600. The van der Waals surface area contributed by atoms with E-state index < -0.39 is 0 Å². The number of halogens is 1. The number of fused-ring (bicyclic) bond motifs is 1. The summed E-state index contributed by atoms with van der Waals surface area (Å²) in [4.78, 5) is 2.46. The van der Waals surface area contributed by atoms with E-state index in [-0.39, 0.29) is 6.10 Å². The molecule has 1 fully saturated rings. The Morgan fingerprint density at radius 1 is 1.25 bits per heavy atom. The first kappa shape index (κ1) is 14.2. The topological polar surface area (TPSA) is 47.7 Å². The number of hydrogen-bond donors (Lipinski definition) is 1. The SMILES string of the molecule is NCC1CCN(CC2COc3ccc(Br)cc3O2)CC1. The van der Waals surface area contributed by atoms with Crippen LogP contribution in [0.4, 0.5) is 0 Å². The van der Waals surface area contributed by atoms with Gasteiger partial charge in [-0.2, -0.15) is 0 Å². The van der Waals surface area contributed by atoms with Gasteiger partial charge in [-0.05, 0) is 56.6 Å². The van der Waals surface area contributed by atoms with Crippen molar-refractivity contribution < 1.29 is 9.47 Å². The van der Waals surface area contributed by atoms with Crippen molar-refractivity contribution in [2.24, 2.45) is 11.7 Å². The summed E-state index contributed by atoms with van der Waals surface area (Å²) in [6.45, 7) is 4.62. The molecule has 3 rings (SSSR count). The van der Waals surface area contributed by atoms with E-state index in [1.165, 1.54) is 12.8 Å². The predicted molar refractivity (Wildman–Crippen MR) is 82.3 cm³/mol. The Kier molecular flexibility index (Phi) is 4.48. The van der Waals surface area contributed by atoms with Gasteiger partial charge in [-0.1, -0.05) is 15.9 Å². The normalized spacial score (nSPS) is 23.8. The average molecular weight is 341 g/mol.